The summed E-state index contributed by atoms with van der Waals surface area (Å²) >= 11 is 0. The molecule has 0 aromatic heterocycles. The Labute approximate surface area is 161 Å². The van der Waals surface area contributed by atoms with Gasteiger partial charge in [-0.15, -0.1) is 10.2 Å². The minimum Gasteiger partial charge on any atom is -0.399 e. The van der Waals surface area contributed by atoms with Crippen molar-refractivity contribution >= 4 is 49.5 Å². The highest BCUT2D eigenvalue weighted by Crippen LogP contribution is 2.35. The molecule has 0 bridgehead atoms. The Morgan fingerprint density at radius 3 is 2.46 bits per heavy atom. The fourth-order valence-electron chi connectivity index (χ4n) is 2.67. The summed E-state index contributed by atoms with van der Waals surface area (Å²) in [7, 11) is -4.55. The number of carbonyl (C=O) groups excluding carboxylic acids is 1. The number of hydrogen-bond donors (Lipinski definition) is 3. The minimum atomic E-state index is -4.55. The van der Waals surface area contributed by atoms with Gasteiger partial charge < -0.3 is 11.1 Å². The molecule has 28 heavy (non-hydrogen) atoms. The number of nitrogens with one attached hydrogen (secondary N) is 1. The van der Waals surface area contributed by atoms with Gasteiger partial charge in [-0.2, -0.15) is 8.42 Å². The highest BCUT2D eigenvalue weighted by atomic mass is 32.2. The molecule has 0 aliphatic rings. The number of fused-ring (bicyclic) bond motifs is 1. The Hall–Kier alpha value is -3.30. The lowest BCUT2D eigenvalue weighted by Crippen LogP contribution is -2.09. The molecule has 0 aliphatic carbocycles. The molecule has 1 amide bonds. The van der Waals surface area contributed by atoms with E-state index < -0.39 is 10.1 Å². The topological polar surface area (TPSA) is 134 Å². The van der Waals surface area contributed by atoms with Crippen molar-refractivity contribution in [1.29, 1.82) is 0 Å². The summed E-state index contributed by atoms with van der Waals surface area (Å²) < 4.78 is 33.6. The second-order valence-electron chi connectivity index (χ2n) is 5.99. The molecule has 144 valence electrons. The second kappa shape index (κ2) is 7.75. The molecule has 0 saturated heterocycles. The molecule has 0 atom stereocenters. The summed E-state index contributed by atoms with van der Waals surface area (Å²) in [5, 5.41) is 11.7. The zero-order chi connectivity index (χ0) is 20.3. The van der Waals surface area contributed by atoms with Gasteiger partial charge in [0.15, 0.2) is 0 Å². The molecular weight excluding hydrogens is 380 g/mol. The number of anilines is 2. The van der Waals surface area contributed by atoms with E-state index in [1.54, 1.807) is 49.4 Å². The van der Waals surface area contributed by atoms with E-state index in [-0.39, 0.29) is 22.9 Å². The van der Waals surface area contributed by atoms with Gasteiger partial charge in [0, 0.05) is 17.5 Å². The molecule has 3 aromatic carbocycles. The normalized spacial score (nSPS) is 11.8. The van der Waals surface area contributed by atoms with Gasteiger partial charge in [0.05, 0.1) is 5.69 Å². The van der Waals surface area contributed by atoms with Gasteiger partial charge in [-0.1, -0.05) is 37.3 Å². The Kier molecular flexibility index (Phi) is 5.39. The van der Waals surface area contributed by atoms with Crippen LogP contribution >= 0.6 is 0 Å². The van der Waals surface area contributed by atoms with Crippen LogP contribution < -0.4 is 11.1 Å². The highest BCUT2D eigenvalue weighted by Gasteiger charge is 2.19. The van der Waals surface area contributed by atoms with E-state index in [1.807, 2.05) is 0 Å². The Balaban J connectivity index is 2.11. The predicted octanol–water partition coefficient (Wildman–Crippen LogP) is 4.43. The maximum Gasteiger partial charge on any atom is 0.297 e. The third-order valence-electron chi connectivity index (χ3n) is 4.00. The van der Waals surface area contributed by atoms with E-state index >= 15 is 0 Å². The van der Waals surface area contributed by atoms with Crippen molar-refractivity contribution in [1.82, 2.24) is 0 Å². The molecular formula is C19H18N4O4S. The molecule has 9 heteroatoms. The smallest absolute Gasteiger partial charge is 0.297 e. The number of nitrogen functional groups attached to an aromatic ring is 1. The third-order valence-corrected chi connectivity index (χ3v) is 4.94. The first-order valence-corrected chi connectivity index (χ1v) is 9.84. The Morgan fingerprint density at radius 2 is 1.75 bits per heavy atom. The van der Waals surface area contributed by atoms with Gasteiger partial charge in [0.1, 0.15) is 16.3 Å². The molecule has 0 radical (unpaired) electrons. The summed E-state index contributed by atoms with van der Waals surface area (Å²) in [6.45, 7) is 1.70. The van der Waals surface area contributed by atoms with Crippen LogP contribution in [-0.4, -0.2) is 18.9 Å². The van der Waals surface area contributed by atoms with Gasteiger partial charge in [-0.25, -0.2) is 0 Å². The van der Waals surface area contributed by atoms with E-state index in [2.05, 4.69) is 15.5 Å². The first-order valence-electron chi connectivity index (χ1n) is 8.40. The van der Waals surface area contributed by atoms with Gasteiger partial charge in [0.2, 0.25) is 5.91 Å². The number of azo groups is 1. The Bertz CT molecular complexity index is 1190. The maximum atomic E-state index is 12.0. The van der Waals surface area contributed by atoms with Crippen molar-refractivity contribution in [3.63, 3.8) is 0 Å². The van der Waals surface area contributed by atoms with Crippen molar-refractivity contribution in [3.05, 3.63) is 54.6 Å². The van der Waals surface area contributed by atoms with Gasteiger partial charge in [-0.3, -0.25) is 9.35 Å². The van der Waals surface area contributed by atoms with Crippen LogP contribution in [0, 0.1) is 0 Å². The van der Waals surface area contributed by atoms with Crippen molar-refractivity contribution in [2.24, 2.45) is 10.2 Å². The molecule has 0 spiro atoms. The van der Waals surface area contributed by atoms with Gasteiger partial charge in [-0.05, 0) is 29.7 Å². The molecule has 3 aromatic rings. The number of benzene rings is 3. The zero-order valence-electron chi connectivity index (χ0n) is 15.0. The van der Waals surface area contributed by atoms with Crippen molar-refractivity contribution in [2.75, 3.05) is 11.1 Å². The number of hydrogen-bond acceptors (Lipinski definition) is 6. The molecule has 8 nitrogen and oxygen atoms in total. The summed E-state index contributed by atoms with van der Waals surface area (Å²) in [6, 6.07) is 14.5. The summed E-state index contributed by atoms with van der Waals surface area (Å²) in [4.78, 5) is 11.4. The van der Waals surface area contributed by atoms with Crippen LogP contribution in [0.1, 0.15) is 13.3 Å². The first kappa shape index (κ1) is 19.5. The number of nitrogens with two attached hydrogens (primary N) is 1. The monoisotopic (exact) mass is 398 g/mol. The lowest BCUT2D eigenvalue weighted by molar-refractivity contribution is -0.115. The standard InChI is InChI=1S/C19H18N4O4S/c1-2-18(24)21-17-11-13(20)8-10-15(17)22-23-16-9-7-12-5-3-4-6-14(12)19(16)28(25,26)27/h3-11H,2,20H2,1H3,(H,21,24)(H,25,26,27). The van der Waals surface area contributed by atoms with Crippen LogP contribution in [0.2, 0.25) is 0 Å². The molecule has 0 unspecified atom stereocenters. The van der Waals surface area contributed by atoms with Crippen LogP contribution in [0.3, 0.4) is 0 Å². The van der Waals surface area contributed by atoms with Gasteiger partial charge >= 0.3 is 0 Å². The predicted molar refractivity (Wildman–Crippen MR) is 108 cm³/mol. The second-order valence-corrected chi connectivity index (χ2v) is 7.35. The molecule has 0 aliphatic heterocycles. The average molecular weight is 398 g/mol. The lowest BCUT2D eigenvalue weighted by Gasteiger charge is -2.09. The van der Waals surface area contributed by atoms with E-state index in [9.17, 15) is 17.8 Å². The maximum absolute atomic E-state index is 12.0. The number of rotatable bonds is 5. The van der Waals surface area contributed by atoms with E-state index in [0.29, 0.717) is 27.8 Å². The molecule has 0 saturated carbocycles. The summed E-state index contributed by atoms with van der Waals surface area (Å²) in [5.74, 6) is -0.230. The molecule has 0 fully saturated rings. The molecule has 4 N–H and O–H groups in total. The molecule has 3 rings (SSSR count). The number of amides is 1. The van der Waals surface area contributed by atoms with Crippen LogP contribution in [0.5, 0.6) is 0 Å². The minimum absolute atomic E-state index is 0.0224. The first-order chi connectivity index (χ1) is 13.3. The summed E-state index contributed by atoms with van der Waals surface area (Å²) in [5.41, 5.74) is 6.81. The lowest BCUT2D eigenvalue weighted by atomic mass is 10.1. The van der Waals surface area contributed by atoms with E-state index in [4.69, 9.17) is 5.73 Å². The fourth-order valence-corrected chi connectivity index (χ4v) is 3.51. The molecule has 0 heterocycles. The highest BCUT2D eigenvalue weighted by molar-refractivity contribution is 7.86. The van der Waals surface area contributed by atoms with Crippen molar-refractivity contribution in [3.8, 4) is 0 Å². The SMILES string of the molecule is CCC(=O)Nc1cc(N)ccc1N=Nc1ccc2ccccc2c1S(=O)(=O)O. The largest absolute Gasteiger partial charge is 0.399 e. The van der Waals surface area contributed by atoms with Gasteiger partial charge in [0.25, 0.3) is 10.1 Å². The number of carbonyl (C=O) groups is 1. The van der Waals surface area contributed by atoms with Crippen molar-refractivity contribution in [2.45, 2.75) is 18.2 Å². The average Bonchev–Trinajstić information content (AvgIpc) is 2.65. The zero-order valence-corrected chi connectivity index (χ0v) is 15.8. The third kappa shape index (κ3) is 4.16. The van der Waals surface area contributed by atoms with Crippen LogP contribution in [-0.2, 0) is 14.9 Å². The summed E-state index contributed by atoms with van der Waals surface area (Å²) in [6.07, 6.45) is 0.267. The van der Waals surface area contributed by atoms with Crippen LogP contribution in [0.4, 0.5) is 22.7 Å². The van der Waals surface area contributed by atoms with Crippen LogP contribution in [0.15, 0.2) is 69.7 Å². The van der Waals surface area contributed by atoms with E-state index in [1.165, 1.54) is 12.1 Å². The number of nitrogens with zero attached hydrogens (tertiary/aromatic N) is 2. The van der Waals surface area contributed by atoms with Crippen molar-refractivity contribution < 1.29 is 17.8 Å². The Morgan fingerprint density at radius 1 is 1.07 bits per heavy atom. The fraction of sp³-hybridized carbons (Fsp3) is 0.105. The van der Waals surface area contributed by atoms with Crippen LogP contribution in [0.25, 0.3) is 10.8 Å². The van der Waals surface area contributed by atoms with E-state index in [0.717, 1.165) is 0 Å². The quantitative estimate of drug-likeness (QED) is 0.332.